The monoisotopic (exact) mass is 260 g/mol. The lowest BCUT2D eigenvalue weighted by Crippen LogP contribution is -2.39. The minimum atomic E-state index is 0.0351. The van der Waals surface area contributed by atoms with Gasteiger partial charge in [-0.05, 0) is 37.4 Å². The van der Waals surface area contributed by atoms with E-state index in [9.17, 15) is 0 Å². The summed E-state index contributed by atoms with van der Waals surface area (Å²) in [4.78, 5) is 6.78. The Morgan fingerprint density at radius 3 is 2.63 bits per heavy atom. The number of nitrogens with two attached hydrogens (primary N) is 1. The number of rotatable bonds is 6. The van der Waals surface area contributed by atoms with Crippen LogP contribution < -0.4 is 10.6 Å². The SMILES string of the molecule is CCCN(CC(C)(C)CN)c1cc(C#N)cc(C)n1. The summed E-state index contributed by atoms with van der Waals surface area (Å²) in [5, 5.41) is 9.06. The molecule has 0 fully saturated rings. The first kappa shape index (κ1) is 15.5. The molecule has 0 bridgehead atoms. The summed E-state index contributed by atoms with van der Waals surface area (Å²) in [6.45, 7) is 10.8. The molecule has 0 unspecified atom stereocenters. The maximum atomic E-state index is 9.06. The molecule has 0 saturated heterocycles. The predicted octanol–water partition coefficient (Wildman–Crippen LogP) is 2.46. The number of hydrogen-bond acceptors (Lipinski definition) is 4. The third-order valence-corrected chi connectivity index (χ3v) is 3.06. The molecule has 0 aromatic carbocycles. The van der Waals surface area contributed by atoms with Gasteiger partial charge in [-0.15, -0.1) is 0 Å². The van der Waals surface area contributed by atoms with Gasteiger partial charge in [0.15, 0.2) is 0 Å². The Hall–Kier alpha value is -1.60. The highest BCUT2D eigenvalue weighted by atomic mass is 15.2. The van der Waals surface area contributed by atoms with E-state index in [1.54, 1.807) is 0 Å². The van der Waals surface area contributed by atoms with Crippen LogP contribution in [-0.2, 0) is 0 Å². The molecule has 1 aromatic rings. The largest absolute Gasteiger partial charge is 0.356 e. The summed E-state index contributed by atoms with van der Waals surface area (Å²) in [6, 6.07) is 5.85. The van der Waals surface area contributed by atoms with E-state index in [-0.39, 0.29) is 5.41 Å². The van der Waals surface area contributed by atoms with Crippen molar-refractivity contribution in [1.82, 2.24) is 4.98 Å². The Bertz CT molecular complexity index is 460. The van der Waals surface area contributed by atoms with Crippen LogP contribution in [0.15, 0.2) is 12.1 Å². The Morgan fingerprint density at radius 2 is 2.11 bits per heavy atom. The van der Waals surface area contributed by atoms with Crippen molar-refractivity contribution in [3.05, 3.63) is 23.4 Å². The average Bonchev–Trinajstić information content (AvgIpc) is 2.37. The van der Waals surface area contributed by atoms with Gasteiger partial charge in [0, 0.05) is 18.8 Å². The summed E-state index contributed by atoms with van der Waals surface area (Å²) in [5.74, 6) is 0.875. The molecule has 0 atom stereocenters. The summed E-state index contributed by atoms with van der Waals surface area (Å²) in [7, 11) is 0. The first-order chi connectivity index (χ1) is 8.91. The summed E-state index contributed by atoms with van der Waals surface area (Å²) < 4.78 is 0. The zero-order chi connectivity index (χ0) is 14.5. The molecule has 1 heterocycles. The minimum absolute atomic E-state index is 0.0351. The lowest BCUT2D eigenvalue weighted by atomic mass is 9.93. The number of nitriles is 1. The smallest absolute Gasteiger partial charge is 0.130 e. The highest BCUT2D eigenvalue weighted by Gasteiger charge is 2.21. The average molecular weight is 260 g/mol. The topological polar surface area (TPSA) is 65.9 Å². The second kappa shape index (κ2) is 6.53. The van der Waals surface area contributed by atoms with Gasteiger partial charge in [0.05, 0.1) is 11.6 Å². The van der Waals surface area contributed by atoms with Gasteiger partial charge < -0.3 is 10.6 Å². The first-order valence-electron chi connectivity index (χ1n) is 6.75. The van der Waals surface area contributed by atoms with Crippen LogP contribution in [0.3, 0.4) is 0 Å². The molecule has 0 aliphatic carbocycles. The number of aryl methyl sites for hydroxylation is 1. The Kier molecular flexibility index (Phi) is 5.31. The van der Waals surface area contributed by atoms with Crippen LogP contribution >= 0.6 is 0 Å². The van der Waals surface area contributed by atoms with Crippen molar-refractivity contribution in [3.63, 3.8) is 0 Å². The van der Waals surface area contributed by atoms with Gasteiger partial charge in [0.1, 0.15) is 5.82 Å². The van der Waals surface area contributed by atoms with Crippen molar-refractivity contribution in [2.75, 3.05) is 24.5 Å². The van der Waals surface area contributed by atoms with Crippen molar-refractivity contribution in [2.45, 2.75) is 34.1 Å². The molecule has 4 heteroatoms. The van der Waals surface area contributed by atoms with Crippen LogP contribution in [0, 0.1) is 23.7 Å². The summed E-state index contributed by atoms with van der Waals surface area (Å²) in [5.41, 5.74) is 7.39. The zero-order valence-electron chi connectivity index (χ0n) is 12.4. The Morgan fingerprint density at radius 1 is 1.42 bits per heavy atom. The standard InChI is InChI=1S/C15H24N4/c1-5-6-19(11-15(3,4)10-17)14-8-13(9-16)7-12(2)18-14/h7-8H,5-6,10-11,17H2,1-4H3. The highest BCUT2D eigenvalue weighted by molar-refractivity contribution is 5.46. The quantitative estimate of drug-likeness (QED) is 0.853. The third-order valence-electron chi connectivity index (χ3n) is 3.06. The van der Waals surface area contributed by atoms with Gasteiger partial charge in [0.25, 0.3) is 0 Å². The van der Waals surface area contributed by atoms with E-state index in [0.29, 0.717) is 12.1 Å². The van der Waals surface area contributed by atoms with Gasteiger partial charge >= 0.3 is 0 Å². The molecule has 1 aromatic heterocycles. The molecule has 0 radical (unpaired) electrons. The van der Waals surface area contributed by atoms with E-state index in [1.165, 1.54) is 0 Å². The molecule has 0 aliphatic heterocycles. The lowest BCUT2D eigenvalue weighted by Gasteiger charge is -2.32. The second-order valence-electron chi connectivity index (χ2n) is 5.76. The number of nitrogens with zero attached hydrogens (tertiary/aromatic N) is 3. The fourth-order valence-corrected chi connectivity index (χ4v) is 2.00. The van der Waals surface area contributed by atoms with E-state index in [4.69, 9.17) is 11.0 Å². The van der Waals surface area contributed by atoms with Crippen LogP contribution in [0.2, 0.25) is 0 Å². The van der Waals surface area contributed by atoms with Gasteiger partial charge in [-0.25, -0.2) is 4.98 Å². The Balaban J connectivity index is 3.05. The number of hydrogen-bond donors (Lipinski definition) is 1. The predicted molar refractivity (Wildman–Crippen MR) is 79.0 cm³/mol. The van der Waals surface area contributed by atoms with Crippen LogP contribution in [0.25, 0.3) is 0 Å². The molecule has 1 rings (SSSR count). The molecule has 0 aliphatic rings. The van der Waals surface area contributed by atoms with Crippen molar-refractivity contribution in [3.8, 4) is 6.07 Å². The van der Waals surface area contributed by atoms with E-state index in [1.807, 2.05) is 19.1 Å². The fourth-order valence-electron chi connectivity index (χ4n) is 2.00. The molecule has 2 N–H and O–H groups in total. The number of pyridine rings is 1. The van der Waals surface area contributed by atoms with Gasteiger partial charge in [-0.3, -0.25) is 0 Å². The number of anilines is 1. The molecule has 0 spiro atoms. The molecule has 19 heavy (non-hydrogen) atoms. The van der Waals surface area contributed by atoms with Crippen molar-refractivity contribution >= 4 is 5.82 Å². The zero-order valence-corrected chi connectivity index (χ0v) is 12.4. The van der Waals surface area contributed by atoms with Crippen molar-refractivity contribution in [1.29, 1.82) is 5.26 Å². The van der Waals surface area contributed by atoms with Crippen LogP contribution in [0.4, 0.5) is 5.82 Å². The van der Waals surface area contributed by atoms with Gasteiger partial charge in [-0.1, -0.05) is 20.8 Å². The lowest BCUT2D eigenvalue weighted by molar-refractivity contribution is 0.376. The van der Waals surface area contributed by atoms with Gasteiger partial charge in [0.2, 0.25) is 0 Å². The molecule has 4 nitrogen and oxygen atoms in total. The second-order valence-corrected chi connectivity index (χ2v) is 5.76. The van der Waals surface area contributed by atoms with E-state index < -0.39 is 0 Å². The fraction of sp³-hybridized carbons (Fsp3) is 0.600. The Labute approximate surface area is 116 Å². The van der Waals surface area contributed by atoms with E-state index in [0.717, 1.165) is 31.0 Å². The van der Waals surface area contributed by atoms with Crippen molar-refractivity contribution in [2.24, 2.45) is 11.1 Å². The molecule has 0 amide bonds. The van der Waals surface area contributed by atoms with Crippen LogP contribution in [0.5, 0.6) is 0 Å². The number of aromatic nitrogens is 1. The maximum absolute atomic E-state index is 9.06. The summed E-state index contributed by atoms with van der Waals surface area (Å²) in [6.07, 6.45) is 1.04. The highest BCUT2D eigenvalue weighted by Crippen LogP contribution is 2.21. The van der Waals surface area contributed by atoms with Crippen LogP contribution in [0.1, 0.15) is 38.4 Å². The molecule has 104 valence electrons. The summed E-state index contributed by atoms with van der Waals surface area (Å²) >= 11 is 0. The van der Waals surface area contributed by atoms with E-state index >= 15 is 0 Å². The molecular weight excluding hydrogens is 236 g/mol. The van der Waals surface area contributed by atoms with Crippen molar-refractivity contribution < 1.29 is 0 Å². The molecule has 0 saturated carbocycles. The minimum Gasteiger partial charge on any atom is -0.356 e. The maximum Gasteiger partial charge on any atom is 0.130 e. The molecular formula is C15H24N4. The van der Waals surface area contributed by atoms with Crippen LogP contribution in [-0.4, -0.2) is 24.6 Å². The first-order valence-corrected chi connectivity index (χ1v) is 6.75. The van der Waals surface area contributed by atoms with Gasteiger partial charge in [-0.2, -0.15) is 5.26 Å². The third kappa shape index (κ3) is 4.53. The van der Waals surface area contributed by atoms with E-state index in [2.05, 4.69) is 36.7 Å². The normalized spacial score (nSPS) is 11.2.